The molecule has 0 radical (unpaired) electrons. The molecule has 222 valence electrons. The highest BCUT2D eigenvalue weighted by Gasteiger charge is 2.56. The van der Waals surface area contributed by atoms with Crippen molar-refractivity contribution in [2.45, 2.75) is 57.6 Å². The van der Waals surface area contributed by atoms with Crippen molar-refractivity contribution in [1.82, 2.24) is 15.4 Å². The Kier molecular flexibility index (Phi) is 9.36. The summed E-state index contributed by atoms with van der Waals surface area (Å²) in [6.07, 6.45) is 7.91. The third-order valence-electron chi connectivity index (χ3n) is 9.02. The lowest BCUT2D eigenvalue weighted by Gasteiger charge is -2.26. The van der Waals surface area contributed by atoms with Gasteiger partial charge < -0.3 is 9.80 Å². The van der Waals surface area contributed by atoms with Gasteiger partial charge in [0.05, 0.1) is 23.8 Å². The van der Waals surface area contributed by atoms with E-state index in [1.807, 2.05) is 30.3 Å². The lowest BCUT2D eigenvalue weighted by molar-refractivity contribution is -0.182. The van der Waals surface area contributed by atoms with Crippen molar-refractivity contribution >= 4 is 35.3 Å². The molecule has 8 nitrogen and oxygen atoms in total. The average Bonchev–Trinajstić information content (AvgIpc) is 3.36. The molecule has 41 heavy (non-hydrogen) atoms. The van der Waals surface area contributed by atoms with Crippen molar-refractivity contribution in [3.63, 3.8) is 0 Å². The topological polar surface area (TPSA) is 77.2 Å². The van der Waals surface area contributed by atoms with E-state index in [2.05, 4.69) is 34.7 Å². The Morgan fingerprint density at radius 3 is 2.59 bits per heavy atom. The number of hydrogen-bond acceptors (Lipinski definition) is 6. The van der Waals surface area contributed by atoms with Crippen LogP contribution in [0.1, 0.15) is 50.5 Å². The Hall–Kier alpha value is -2.88. The van der Waals surface area contributed by atoms with Crippen LogP contribution in [0.2, 0.25) is 5.02 Å². The fourth-order valence-corrected chi connectivity index (χ4v) is 6.83. The van der Waals surface area contributed by atoms with E-state index in [1.165, 1.54) is 11.1 Å². The fourth-order valence-electron chi connectivity index (χ4n) is 6.61. The van der Waals surface area contributed by atoms with E-state index in [1.54, 1.807) is 6.07 Å². The number of hydrogen-bond donors (Lipinski definition) is 2. The van der Waals surface area contributed by atoms with Crippen LogP contribution in [0.5, 0.6) is 0 Å². The Balaban J connectivity index is 1.25. The van der Waals surface area contributed by atoms with Gasteiger partial charge in [-0.1, -0.05) is 67.6 Å². The molecule has 1 aliphatic heterocycles. The molecule has 2 N–H and O–H groups in total. The average molecular weight is 586 g/mol. The van der Waals surface area contributed by atoms with Crippen molar-refractivity contribution < 1.29 is 18.8 Å². The van der Waals surface area contributed by atoms with Gasteiger partial charge in [-0.3, -0.25) is 25.3 Å². The molecule has 1 unspecified atom stereocenters. The summed E-state index contributed by atoms with van der Waals surface area (Å²) in [5.74, 6) is -0.892. The molecule has 10 heteroatoms. The maximum atomic E-state index is 15.8. The summed E-state index contributed by atoms with van der Waals surface area (Å²) in [6, 6.07) is 13.1. The third kappa shape index (κ3) is 7.13. The van der Waals surface area contributed by atoms with Crippen LogP contribution in [0, 0.1) is 23.1 Å². The van der Waals surface area contributed by atoms with Gasteiger partial charge in [0.25, 0.3) is 0 Å². The lowest BCUT2D eigenvalue weighted by atomic mass is 9.92. The quantitative estimate of drug-likeness (QED) is 0.247. The SMILES string of the molecule is CN(C)C1CN(c2cc(Cl)cc(NNC(=O)[C@H](CC3CCCC3)CN(C=O)OCc3ccccc3)c2F)CC12CC2. The normalized spacial score (nSPS) is 20.4. The number of carbonyl (C=O) groups is 2. The highest BCUT2D eigenvalue weighted by Crippen LogP contribution is 2.55. The number of nitrogens with zero attached hydrogens (tertiary/aromatic N) is 3. The summed E-state index contributed by atoms with van der Waals surface area (Å²) in [4.78, 5) is 35.3. The minimum absolute atomic E-state index is 0.103. The fraction of sp³-hybridized carbons (Fsp3) is 0.548. The molecule has 2 aliphatic carbocycles. The predicted octanol–water partition coefficient (Wildman–Crippen LogP) is 5.24. The first-order valence-corrected chi connectivity index (χ1v) is 15.0. The maximum absolute atomic E-state index is 15.8. The zero-order chi connectivity index (χ0) is 29.0. The van der Waals surface area contributed by atoms with Gasteiger partial charge in [0.2, 0.25) is 12.3 Å². The number of carbonyl (C=O) groups excluding carboxylic acids is 2. The zero-order valence-electron chi connectivity index (χ0n) is 24.0. The second-order valence-corrected chi connectivity index (χ2v) is 12.6. The summed E-state index contributed by atoms with van der Waals surface area (Å²) < 4.78 is 15.8. The minimum Gasteiger partial charge on any atom is -0.367 e. The summed E-state index contributed by atoms with van der Waals surface area (Å²) in [5, 5.41) is 1.58. The summed E-state index contributed by atoms with van der Waals surface area (Å²) in [5.41, 5.74) is 7.19. The number of nitrogens with one attached hydrogen (secondary N) is 2. The van der Waals surface area contributed by atoms with Crippen molar-refractivity contribution in [2.75, 3.05) is 44.1 Å². The van der Waals surface area contributed by atoms with Crippen LogP contribution < -0.4 is 15.8 Å². The minimum atomic E-state index is -0.526. The molecule has 2 amide bonds. The molecule has 2 aromatic carbocycles. The van der Waals surface area contributed by atoms with Crippen LogP contribution in [0.15, 0.2) is 42.5 Å². The van der Waals surface area contributed by atoms with Gasteiger partial charge in [-0.25, -0.2) is 9.45 Å². The highest BCUT2D eigenvalue weighted by atomic mass is 35.5. The van der Waals surface area contributed by atoms with E-state index in [4.69, 9.17) is 16.4 Å². The van der Waals surface area contributed by atoms with Crippen LogP contribution in [-0.4, -0.2) is 62.1 Å². The third-order valence-corrected chi connectivity index (χ3v) is 9.24. The molecule has 3 fully saturated rings. The van der Waals surface area contributed by atoms with Gasteiger partial charge in [-0.15, -0.1) is 0 Å². The van der Waals surface area contributed by atoms with Gasteiger partial charge in [0, 0.05) is 29.6 Å². The first-order valence-electron chi connectivity index (χ1n) is 14.6. The van der Waals surface area contributed by atoms with Gasteiger partial charge in [-0.2, -0.15) is 0 Å². The Bertz CT molecular complexity index is 1210. The number of anilines is 2. The molecule has 2 atom stereocenters. The van der Waals surface area contributed by atoms with Crippen molar-refractivity contribution in [2.24, 2.45) is 17.3 Å². The molecule has 0 aromatic heterocycles. The number of benzene rings is 2. The van der Waals surface area contributed by atoms with Crippen molar-refractivity contribution in [3.05, 3.63) is 58.9 Å². The van der Waals surface area contributed by atoms with E-state index in [-0.39, 0.29) is 30.2 Å². The first kappa shape index (κ1) is 29.6. The van der Waals surface area contributed by atoms with Gasteiger partial charge >= 0.3 is 0 Å². The number of likely N-dealkylation sites (N-methyl/N-ethyl adjacent to an activating group) is 1. The summed E-state index contributed by atoms with van der Waals surface area (Å²) in [6.45, 7) is 1.83. The van der Waals surface area contributed by atoms with Crippen LogP contribution in [0.4, 0.5) is 15.8 Å². The number of hydroxylamine groups is 2. The molecule has 1 saturated heterocycles. The van der Waals surface area contributed by atoms with Gasteiger partial charge in [-0.05, 0) is 57.0 Å². The first-order chi connectivity index (χ1) is 19.8. The molecule has 2 saturated carbocycles. The highest BCUT2D eigenvalue weighted by molar-refractivity contribution is 6.31. The number of amides is 2. The lowest BCUT2D eigenvalue weighted by Crippen LogP contribution is -2.41. The van der Waals surface area contributed by atoms with E-state index < -0.39 is 11.7 Å². The zero-order valence-corrected chi connectivity index (χ0v) is 24.7. The van der Waals surface area contributed by atoms with Gasteiger partial charge in [0.1, 0.15) is 6.61 Å². The standard InChI is InChI=1S/C31H41ClFN5O3/c1-36(2)28-18-37(20-31(28)12-13-31)27-16-25(32)15-26(29(27)33)34-35-30(40)24(14-22-8-6-7-9-22)17-38(21-39)41-19-23-10-4-3-5-11-23/h3-5,10-11,15-16,21-22,24,28,34H,6-9,12-14,17-20H2,1-2H3,(H,35,40)/t24-,28?/m1/s1. The van der Waals surface area contributed by atoms with Crippen molar-refractivity contribution in [3.8, 4) is 0 Å². The van der Waals surface area contributed by atoms with Crippen LogP contribution >= 0.6 is 11.6 Å². The Morgan fingerprint density at radius 2 is 1.95 bits per heavy atom. The molecule has 3 aliphatic rings. The maximum Gasteiger partial charge on any atom is 0.243 e. The number of halogens is 2. The van der Waals surface area contributed by atoms with E-state index in [9.17, 15) is 9.59 Å². The molecule has 0 bridgehead atoms. The predicted molar refractivity (Wildman–Crippen MR) is 159 cm³/mol. The summed E-state index contributed by atoms with van der Waals surface area (Å²) in [7, 11) is 4.15. The second-order valence-electron chi connectivity index (χ2n) is 12.2. The molecular weight excluding hydrogens is 545 g/mol. The van der Waals surface area contributed by atoms with Gasteiger partial charge in [0.15, 0.2) is 5.82 Å². The van der Waals surface area contributed by atoms with E-state index >= 15 is 4.39 Å². The van der Waals surface area contributed by atoms with E-state index in [0.717, 1.165) is 57.2 Å². The smallest absolute Gasteiger partial charge is 0.243 e. The Morgan fingerprint density at radius 1 is 1.22 bits per heavy atom. The molecule has 2 aromatic rings. The number of rotatable bonds is 13. The monoisotopic (exact) mass is 585 g/mol. The second kappa shape index (κ2) is 13.0. The molecule has 1 spiro atoms. The Labute approximate surface area is 247 Å². The van der Waals surface area contributed by atoms with E-state index in [0.29, 0.717) is 35.5 Å². The molecular formula is C31H41ClFN5O3. The van der Waals surface area contributed by atoms with Crippen molar-refractivity contribution in [1.29, 1.82) is 0 Å². The van der Waals surface area contributed by atoms with Crippen LogP contribution in [0.3, 0.4) is 0 Å². The summed E-state index contributed by atoms with van der Waals surface area (Å²) >= 11 is 6.43. The number of hydrazine groups is 1. The molecule has 5 rings (SSSR count). The largest absolute Gasteiger partial charge is 0.367 e. The van der Waals surface area contributed by atoms with Crippen LogP contribution in [-0.2, 0) is 21.0 Å². The molecule has 1 heterocycles. The van der Waals surface area contributed by atoms with Crippen LogP contribution in [0.25, 0.3) is 0 Å².